The van der Waals surface area contributed by atoms with Crippen LogP contribution in [0.2, 0.25) is 0 Å². The summed E-state index contributed by atoms with van der Waals surface area (Å²) in [6, 6.07) is 9.32. The second-order valence-corrected chi connectivity index (χ2v) is 4.79. The van der Waals surface area contributed by atoms with E-state index in [9.17, 15) is 4.79 Å². The van der Waals surface area contributed by atoms with Gasteiger partial charge in [-0.15, -0.1) is 0 Å². The van der Waals surface area contributed by atoms with Crippen LogP contribution in [0.25, 0.3) is 0 Å². The predicted molar refractivity (Wildman–Crippen MR) is 68.3 cm³/mol. The van der Waals surface area contributed by atoms with Crippen LogP contribution < -0.4 is 11.1 Å². The highest BCUT2D eigenvalue weighted by molar-refractivity contribution is 5.83. The monoisotopic (exact) mass is 232 g/mol. The minimum atomic E-state index is -0.543. The Morgan fingerprint density at radius 1 is 1.47 bits per heavy atom. The molecule has 1 aliphatic rings. The topological polar surface area (TPSA) is 55.1 Å². The Balaban J connectivity index is 1.85. The Bertz CT molecular complexity index is 377. The highest BCUT2D eigenvalue weighted by atomic mass is 16.2. The van der Waals surface area contributed by atoms with Gasteiger partial charge in [0.05, 0.1) is 0 Å². The van der Waals surface area contributed by atoms with Gasteiger partial charge < -0.3 is 11.1 Å². The first-order valence-corrected chi connectivity index (χ1v) is 6.33. The summed E-state index contributed by atoms with van der Waals surface area (Å²) in [4.78, 5) is 11.9. The van der Waals surface area contributed by atoms with Crippen molar-refractivity contribution in [2.24, 2.45) is 11.7 Å². The first-order chi connectivity index (χ1) is 8.22. The van der Waals surface area contributed by atoms with Crippen molar-refractivity contribution >= 4 is 5.91 Å². The van der Waals surface area contributed by atoms with E-state index < -0.39 is 6.04 Å². The lowest BCUT2D eigenvalue weighted by Crippen LogP contribution is -2.36. The van der Waals surface area contributed by atoms with E-state index in [1.54, 1.807) is 0 Å². The Labute approximate surface area is 102 Å². The van der Waals surface area contributed by atoms with E-state index >= 15 is 0 Å². The molecule has 3 atom stereocenters. The van der Waals surface area contributed by atoms with Crippen molar-refractivity contribution < 1.29 is 4.79 Å². The molecule has 1 amide bonds. The van der Waals surface area contributed by atoms with Crippen molar-refractivity contribution in [3.05, 3.63) is 35.9 Å². The van der Waals surface area contributed by atoms with Crippen LogP contribution in [0.4, 0.5) is 0 Å². The molecule has 1 fully saturated rings. The summed E-state index contributed by atoms with van der Waals surface area (Å²) in [5, 5.41) is 3.02. The van der Waals surface area contributed by atoms with Crippen molar-refractivity contribution in [2.75, 3.05) is 0 Å². The van der Waals surface area contributed by atoms with Gasteiger partial charge in [-0.25, -0.2) is 0 Å². The van der Waals surface area contributed by atoms with Gasteiger partial charge in [0.15, 0.2) is 0 Å². The molecular weight excluding hydrogens is 212 g/mol. The summed E-state index contributed by atoms with van der Waals surface area (Å²) in [7, 11) is 0. The van der Waals surface area contributed by atoms with Crippen LogP contribution >= 0.6 is 0 Å². The molecule has 2 unspecified atom stereocenters. The van der Waals surface area contributed by atoms with E-state index in [0.717, 1.165) is 12.0 Å². The summed E-state index contributed by atoms with van der Waals surface area (Å²) >= 11 is 0. The molecule has 1 aliphatic carbocycles. The minimum absolute atomic E-state index is 0.0557. The molecule has 0 bridgehead atoms. The molecule has 3 nitrogen and oxygen atoms in total. The number of amides is 1. The second kappa shape index (κ2) is 5.32. The largest absolute Gasteiger partial charge is 0.351 e. The highest BCUT2D eigenvalue weighted by Gasteiger charge is 2.37. The van der Waals surface area contributed by atoms with Gasteiger partial charge in [-0.2, -0.15) is 0 Å². The van der Waals surface area contributed by atoms with E-state index in [0.29, 0.717) is 12.0 Å². The molecule has 2 rings (SSSR count). The van der Waals surface area contributed by atoms with Gasteiger partial charge >= 0.3 is 0 Å². The van der Waals surface area contributed by atoms with E-state index in [2.05, 4.69) is 12.2 Å². The quantitative estimate of drug-likeness (QED) is 0.815. The normalized spacial score (nSPS) is 24.1. The minimum Gasteiger partial charge on any atom is -0.351 e. The molecule has 1 saturated carbocycles. The van der Waals surface area contributed by atoms with Gasteiger partial charge in [0.25, 0.3) is 0 Å². The van der Waals surface area contributed by atoms with Crippen LogP contribution in [-0.4, -0.2) is 11.9 Å². The summed E-state index contributed by atoms with van der Waals surface area (Å²) in [6.45, 7) is 2.17. The lowest BCUT2D eigenvalue weighted by Gasteiger charge is -2.12. The van der Waals surface area contributed by atoms with Gasteiger partial charge in [-0.05, 0) is 24.3 Å². The molecule has 1 aromatic carbocycles. The van der Waals surface area contributed by atoms with Crippen molar-refractivity contribution in [1.29, 1.82) is 0 Å². The summed E-state index contributed by atoms with van der Waals surface area (Å²) in [5.74, 6) is 0.617. The molecule has 0 spiro atoms. The Morgan fingerprint density at radius 3 is 2.82 bits per heavy atom. The number of hydrogen-bond donors (Lipinski definition) is 2. The van der Waals surface area contributed by atoms with Crippen molar-refractivity contribution in [1.82, 2.24) is 5.32 Å². The zero-order valence-electron chi connectivity index (χ0n) is 10.2. The van der Waals surface area contributed by atoms with Crippen LogP contribution in [0.5, 0.6) is 0 Å². The molecule has 0 aromatic heterocycles. The van der Waals surface area contributed by atoms with Crippen LogP contribution in [-0.2, 0) is 4.79 Å². The van der Waals surface area contributed by atoms with Crippen LogP contribution in [0.3, 0.4) is 0 Å². The lowest BCUT2D eigenvalue weighted by molar-refractivity contribution is -0.122. The highest BCUT2D eigenvalue weighted by Crippen LogP contribution is 2.34. The Morgan fingerprint density at radius 2 is 2.18 bits per heavy atom. The molecule has 3 N–H and O–H groups in total. The van der Waals surface area contributed by atoms with E-state index in [-0.39, 0.29) is 5.91 Å². The number of nitrogens with two attached hydrogens (primary N) is 1. The van der Waals surface area contributed by atoms with Gasteiger partial charge in [0, 0.05) is 6.04 Å². The first-order valence-electron chi connectivity index (χ1n) is 6.33. The van der Waals surface area contributed by atoms with Crippen LogP contribution in [0.1, 0.15) is 37.8 Å². The third-order valence-corrected chi connectivity index (χ3v) is 3.35. The van der Waals surface area contributed by atoms with E-state index in [4.69, 9.17) is 5.73 Å². The Kier molecular flexibility index (Phi) is 3.79. The predicted octanol–water partition coefficient (Wildman–Crippen LogP) is 1.99. The fourth-order valence-electron chi connectivity index (χ4n) is 2.20. The number of benzene rings is 1. The van der Waals surface area contributed by atoms with Crippen molar-refractivity contribution in [3.63, 3.8) is 0 Å². The van der Waals surface area contributed by atoms with Crippen LogP contribution in [0.15, 0.2) is 30.3 Å². The smallest absolute Gasteiger partial charge is 0.241 e. The number of rotatable bonds is 5. The van der Waals surface area contributed by atoms with Crippen LogP contribution in [0, 0.1) is 5.92 Å². The molecule has 0 heterocycles. The SMILES string of the molecule is CCCC1CC1NC(=O)[C@H](N)c1ccccc1. The van der Waals surface area contributed by atoms with Crippen molar-refractivity contribution in [3.8, 4) is 0 Å². The van der Waals surface area contributed by atoms with E-state index in [1.807, 2.05) is 30.3 Å². The maximum Gasteiger partial charge on any atom is 0.241 e. The zero-order valence-corrected chi connectivity index (χ0v) is 10.2. The van der Waals surface area contributed by atoms with Gasteiger partial charge in [0.2, 0.25) is 5.91 Å². The maximum absolute atomic E-state index is 11.9. The molecule has 3 heteroatoms. The van der Waals surface area contributed by atoms with Gasteiger partial charge in [-0.1, -0.05) is 43.7 Å². The van der Waals surface area contributed by atoms with Gasteiger partial charge in [0.1, 0.15) is 6.04 Å². The molecule has 0 saturated heterocycles. The zero-order chi connectivity index (χ0) is 12.3. The summed E-state index contributed by atoms with van der Waals surface area (Å²) in [5.41, 5.74) is 6.79. The number of carbonyl (C=O) groups is 1. The van der Waals surface area contributed by atoms with E-state index in [1.165, 1.54) is 12.8 Å². The third kappa shape index (κ3) is 3.07. The molecule has 1 aromatic rings. The first kappa shape index (κ1) is 12.1. The average Bonchev–Trinajstić information content (AvgIpc) is 3.08. The molecule has 0 aliphatic heterocycles. The molecule has 0 radical (unpaired) electrons. The number of hydrogen-bond acceptors (Lipinski definition) is 2. The fourth-order valence-corrected chi connectivity index (χ4v) is 2.20. The molecule has 92 valence electrons. The van der Waals surface area contributed by atoms with Gasteiger partial charge in [-0.3, -0.25) is 4.79 Å². The fraction of sp³-hybridized carbons (Fsp3) is 0.500. The average molecular weight is 232 g/mol. The van der Waals surface area contributed by atoms with Crippen molar-refractivity contribution in [2.45, 2.75) is 38.3 Å². The Hall–Kier alpha value is -1.35. The lowest BCUT2D eigenvalue weighted by atomic mass is 10.1. The molecule has 17 heavy (non-hydrogen) atoms. The molecular formula is C14H20N2O. The maximum atomic E-state index is 11.9. The second-order valence-electron chi connectivity index (χ2n) is 4.79. The number of carbonyl (C=O) groups excluding carboxylic acids is 1. The third-order valence-electron chi connectivity index (χ3n) is 3.35. The standard InChI is InChI=1S/C14H20N2O/c1-2-6-11-9-12(11)16-14(17)13(15)10-7-4-3-5-8-10/h3-5,7-8,11-13H,2,6,9,15H2,1H3,(H,16,17)/t11?,12?,13-/m1/s1. The summed E-state index contributed by atoms with van der Waals surface area (Å²) < 4.78 is 0. The summed E-state index contributed by atoms with van der Waals surface area (Å²) in [6.07, 6.45) is 3.49. The number of nitrogens with one attached hydrogen (secondary N) is 1.